The number of piperazine rings is 1. The number of Topliss-reactive ketones (excluding diaryl/α,β-unsaturated/α-hetero) is 1. The number of hydrogen-bond acceptors (Lipinski definition) is 5. The van der Waals surface area contributed by atoms with E-state index in [1.54, 1.807) is 19.1 Å². The van der Waals surface area contributed by atoms with Gasteiger partial charge in [-0.3, -0.25) is 19.5 Å². The van der Waals surface area contributed by atoms with Gasteiger partial charge in [0.05, 0.1) is 10.7 Å². The molecule has 0 spiro atoms. The Labute approximate surface area is 205 Å². The van der Waals surface area contributed by atoms with Crippen LogP contribution in [0.2, 0.25) is 5.02 Å². The van der Waals surface area contributed by atoms with Gasteiger partial charge in [0.25, 0.3) is 5.91 Å². The SMILES string of the molecule is Cc1ncc(C(=O)Cc2cc(F)cc(CN3CCN(C(=O)[C@H]4CCCO4)[C@@H](C)C3)c2C)cc1Cl. The second kappa shape index (κ2) is 10.5. The third-order valence-corrected chi connectivity index (χ3v) is 7.26. The normalized spacial score (nSPS) is 21.1. The van der Waals surface area contributed by atoms with Crippen LogP contribution in [0.4, 0.5) is 4.39 Å². The van der Waals surface area contributed by atoms with Gasteiger partial charge in [-0.25, -0.2) is 4.39 Å². The largest absolute Gasteiger partial charge is 0.368 e. The lowest BCUT2D eigenvalue weighted by atomic mass is 9.95. The van der Waals surface area contributed by atoms with Crippen molar-refractivity contribution in [1.82, 2.24) is 14.8 Å². The molecule has 0 unspecified atom stereocenters. The zero-order chi connectivity index (χ0) is 24.4. The lowest BCUT2D eigenvalue weighted by molar-refractivity contribution is -0.145. The molecular weight excluding hydrogens is 457 g/mol. The molecule has 3 heterocycles. The number of halogens is 2. The van der Waals surface area contributed by atoms with E-state index < -0.39 is 0 Å². The van der Waals surface area contributed by atoms with Crippen LogP contribution in [0, 0.1) is 19.7 Å². The van der Waals surface area contributed by atoms with Crippen molar-refractivity contribution in [2.24, 2.45) is 0 Å². The molecule has 6 nitrogen and oxygen atoms in total. The first-order valence-electron chi connectivity index (χ1n) is 11.8. The number of aromatic nitrogens is 1. The van der Waals surface area contributed by atoms with Crippen molar-refractivity contribution >= 4 is 23.3 Å². The van der Waals surface area contributed by atoms with E-state index in [0.29, 0.717) is 54.6 Å². The predicted octanol–water partition coefficient (Wildman–Crippen LogP) is 4.13. The first-order valence-corrected chi connectivity index (χ1v) is 12.2. The minimum atomic E-state index is -0.358. The molecule has 0 saturated carbocycles. The first kappa shape index (κ1) is 24.8. The maximum atomic E-state index is 14.5. The Balaban J connectivity index is 1.43. The predicted molar refractivity (Wildman–Crippen MR) is 129 cm³/mol. The third kappa shape index (κ3) is 5.48. The van der Waals surface area contributed by atoms with E-state index in [9.17, 15) is 14.0 Å². The van der Waals surface area contributed by atoms with Crippen molar-refractivity contribution in [2.75, 3.05) is 26.2 Å². The molecule has 2 saturated heterocycles. The van der Waals surface area contributed by atoms with Gasteiger partial charge in [-0.1, -0.05) is 11.6 Å². The van der Waals surface area contributed by atoms with E-state index in [4.69, 9.17) is 16.3 Å². The maximum absolute atomic E-state index is 14.5. The summed E-state index contributed by atoms with van der Waals surface area (Å²) in [4.78, 5) is 33.9. The van der Waals surface area contributed by atoms with Crippen LogP contribution in [0.25, 0.3) is 0 Å². The van der Waals surface area contributed by atoms with Gasteiger partial charge in [-0.15, -0.1) is 0 Å². The van der Waals surface area contributed by atoms with Crippen LogP contribution in [0.5, 0.6) is 0 Å². The molecular formula is C26H31ClFN3O3. The second-order valence-electron chi connectivity index (χ2n) is 9.36. The number of benzene rings is 1. The number of nitrogens with zero attached hydrogens (tertiary/aromatic N) is 3. The van der Waals surface area contributed by atoms with Gasteiger partial charge in [0, 0.05) is 57.0 Å². The van der Waals surface area contributed by atoms with Gasteiger partial charge in [0.2, 0.25) is 0 Å². The summed E-state index contributed by atoms with van der Waals surface area (Å²) < 4.78 is 20.1. The molecule has 8 heteroatoms. The lowest BCUT2D eigenvalue weighted by Crippen LogP contribution is -2.55. The Hall–Kier alpha value is -2.35. The molecule has 0 radical (unpaired) electrons. The van der Waals surface area contributed by atoms with E-state index in [1.807, 2.05) is 18.7 Å². The average molecular weight is 488 g/mol. The highest BCUT2D eigenvalue weighted by Gasteiger charge is 2.34. The fraction of sp³-hybridized carbons (Fsp3) is 0.500. The molecule has 1 aromatic carbocycles. The first-order chi connectivity index (χ1) is 16.2. The van der Waals surface area contributed by atoms with Gasteiger partial charge < -0.3 is 9.64 Å². The summed E-state index contributed by atoms with van der Waals surface area (Å²) in [5, 5.41) is 0.439. The second-order valence-corrected chi connectivity index (χ2v) is 9.76. The average Bonchev–Trinajstić information content (AvgIpc) is 3.33. The van der Waals surface area contributed by atoms with E-state index in [-0.39, 0.29) is 36.1 Å². The number of aryl methyl sites for hydroxylation is 1. The summed E-state index contributed by atoms with van der Waals surface area (Å²) in [6.07, 6.45) is 3.01. The Morgan fingerprint density at radius 2 is 1.97 bits per heavy atom. The van der Waals surface area contributed by atoms with E-state index >= 15 is 0 Å². The number of ether oxygens (including phenoxy) is 1. The Kier molecular flexibility index (Phi) is 7.65. The molecule has 182 valence electrons. The molecule has 0 N–H and O–H groups in total. The van der Waals surface area contributed by atoms with Crippen LogP contribution in [-0.2, 0) is 22.5 Å². The van der Waals surface area contributed by atoms with Crippen molar-refractivity contribution in [3.8, 4) is 0 Å². The number of carbonyl (C=O) groups excluding carboxylic acids is 2. The van der Waals surface area contributed by atoms with Crippen LogP contribution < -0.4 is 0 Å². The molecule has 0 bridgehead atoms. The van der Waals surface area contributed by atoms with Crippen molar-refractivity contribution in [2.45, 2.75) is 58.7 Å². The molecule has 0 aliphatic carbocycles. The van der Waals surface area contributed by atoms with Gasteiger partial charge in [-0.05, 0) is 68.5 Å². The summed E-state index contributed by atoms with van der Waals surface area (Å²) in [7, 11) is 0. The minimum absolute atomic E-state index is 0.0548. The number of pyridine rings is 1. The smallest absolute Gasteiger partial charge is 0.252 e. The number of amides is 1. The zero-order valence-corrected chi connectivity index (χ0v) is 20.7. The number of ketones is 1. The van der Waals surface area contributed by atoms with E-state index in [0.717, 1.165) is 24.0 Å². The van der Waals surface area contributed by atoms with E-state index in [2.05, 4.69) is 9.88 Å². The topological polar surface area (TPSA) is 62.7 Å². The summed E-state index contributed by atoms with van der Waals surface area (Å²) >= 11 is 6.12. The Morgan fingerprint density at radius 3 is 2.65 bits per heavy atom. The van der Waals surface area contributed by atoms with Crippen molar-refractivity contribution in [1.29, 1.82) is 0 Å². The third-order valence-electron chi connectivity index (χ3n) is 6.88. The number of carbonyl (C=O) groups is 2. The lowest BCUT2D eigenvalue weighted by Gasteiger charge is -2.41. The van der Waals surface area contributed by atoms with Crippen molar-refractivity contribution in [3.05, 3.63) is 63.2 Å². The van der Waals surface area contributed by atoms with Crippen molar-refractivity contribution in [3.63, 3.8) is 0 Å². The fourth-order valence-electron chi connectivity index (χ4n) is 4.78. The molecule has 2 aliphatic rings. The quantitative estimate of drug-likeness (QED) is 0.573. The van der Waals surface area contributed by atoms with Crippen LogP contribution in [0.3, 0.4) is 0 Å². The van der Waals surface area contributed by atoms with Gasteiger partial charge in [0.15, 0.2) is 5.78 Å². The molecule has 2 aromatic rings. The summed E-state index contributed by atoms with van der Waals surface area (Å²) in [5.74, 6) is -0.425. The van der Waals surface area contributed by atoms with Gasteiger partial charge in [0.1, 0.15) is 11.9 Å². The van der Waals surface area contributed by atoms with Crippen LogP contribution in [-0.4, -0.2) is 64.9 Å². The molecule has 1 amide bonds. The number of hydrogen-bond donors (Lipinski definition) is 0. The summed E-state index contributed by atoms with van der Waals surface area (Å²) in [6.45, 7) is 9.01. The van der Waals surface area contributed by atoms with E-state index in [1.165, 1.54) is 12.3 Å². The molecule has 2 fully saturated rings. The Bertz CT molecular complexity index is 1090. The number of rotatable bonds is 6. The monoisotopic (exact) mass is 487 g/mol. The zero-order valence-electron chi connectivity index (χ0n) is 19.9. The van der Waals surface area contributed by atoms with Gasteiger partial charge >= 0.3 is 0 Å². The molecule has 1 aromatic heterocycles. The molecule has 34 heavy (non-hydrogen) atoms. The summed E-state index contributed by atoms with van der Waals surface area (Å²) in [6, 6.07) is 4.64. The molecule has 2 aliphatic heterocycles. The Morgan fingerprint density at radius 1 is 1.21 bits per heavy atom. The van der Waals surface area contributed by atoms with Gasteiger partial charge in [-0.2, -0.15) is 0 Å². The van der Waals surface area contributed by atoms with Crippen molar-refractivity contribution < 1.29 is 18.7 Å². The highest BCUT2D eigenvalue weighted by molar-refractivity contribution is 6.31. The van der Waals surface area contributed by atoms with Crippen LogP contribution in [0.15, 0.2) is 24.4 Å². The standard InChI is InChI=1S/C26H31ClFN3O3/c1-16-14-30(6-7-31(16)26(33)25-5-4-8-34-25)15-21-10-22(28)9-19(17(21)2)12-24(32)20-11-23(27)18(3)29-13-20/h9-11,13,16,25H,4-8,12,14-15H2,1-3H3/t16-,25+/m0/s1. The molecule has 2 atom stereocenters. The molecule has 4 rings (SSSR count). The maximum Gasteiger partial charge on any atom is 0.252 e. The summed E-state index contributed by atoms with van der Waals surface area (Å²) in [5.41, 5.74) is 3.51. The minimum Gasteiger partial charge on any atom is -0.368 e. The van der Waals surface area contributed by atoms with Crippen LogP contribution >= 0.6 is 11.6 Å². The van der Waals surface area contributed by atoms with Crippen LogP contribution in [0.1, 0.15) is 52.5 Å². The highest BCUT2D eigenvalue weighted by atomic mass is 35.5. The fourth-order valence-corrected chi connectivity index (χ4v) is 4.95. The highest BCUT2D eigenvalue weighted by Crippen LogP contribution is 2.24.